The Morgan fingerprint density at radius 3 is 2.62 bits per heavy atom. The number of benzene rings is 1. The van der Waals surface area contributed by atoms with E-state index in [1.54, 1.807) is 0 Å². The van der Waals surface area contributed by atoms with Crippen LogP contribution in [0.25, 0.3) is 11.3 Å². The molecule has 0 atom stereocenters. The predicted molar refractivity (Wildman–Crippen MR) is 66.0 cm³/mol. The minimum absolute atomic E-state index is 0.524. The topological polar surface area (TPSA) is 43.8 Å². The lowest BCUT2D eigenvalue weighted by atomic mass is 10.0. The van der Waals surface area contributed by atoms with Crippen molar-refractivity contribution in [2.45, 2.75) is 20.4 Å². The van der Waals surface area contributed by atoms with Gasteiger partial charge in [-0.05, 0) is 31.0 Å². The van der Waals surface area contributed by atoms with Crippen molar-refractivity contribution in [3.05, 3.63) is 41.1 Å². The van der Waals surface area contributed by atoms with E-state index < -0.39 is 0 Å². The summed E-state index contributed by atoms with van der Waals surface area (Å²) in [7, 11) is 1.92. The molecule has 1 heterocycles. The fourth-order valence-corrected chi connectivity index (χ4v) is 1.82. The summed E-state index contributed by atoms with van der Waals surface area (Å²) in [6, 6.07) is 6.39. The van der Waals surface area contributed by atoms with Crippen LogP contribution in [0.4, 0.5) is 0 Å². The zero-order valence-electron chi connectivity index (χ0n) is 9.99. The van der Waals surface area contributed by atoms with Crippen molar-refractivity contribution >= 4 is 0 Å². The lowest BCUT2D eigenvalue weighted by Crippen LogP contribution is -1.96. The van der Waals surface area contributed by atoms with Gasteiger partial charge in [0.15, 0.2) is 0 Å². The van der Waals surface area contributed by atoms with Gasteiger partial charge in [0.1, 0.15) is 0 Å². The number of aryl methyl sites for hydroxylation is 3. The van der Waals surface area contributed by atoms with Gasteiger partial charge in [-0.2, -0.15) is 5.10 Å². The monoisotopic (exact) mass is 215 g/mol. The third kappa shape index (κ3) is 1.86. The highest BCUT2D eigenvalue weighted by molar-refractivity contribution is 5.64. The summed E-state index contributed by atoms with van der Waals surface area (Å²) in [5, 5.41) is 4.46. The highest BCUT2D eigenvalue weighted by Crippen LogP contribution is 2.23. The van der Waals surface area contributed by atoms with Crippen molar-refractivity contribution < 1.29 is 0 Å². The lowest BCUT2D eigenvalue weighted by molar-refractivity contribution is 0.769. The first-order chi connectivity index (χ1) is 7.61. The van der Waals surface area contributed by atoms with E-state index in [-0.39, 0.29) is 0 Å². The molecule has 3 nitrogen and oxygen atoms in total. The van der Waals surface area contributed by atoms with Crippen LogP contribution in [0.1, 0.15) is 16.7 Å². The van der Waals surface area contributed by atoms with Gasteiger partial charge in [0.25, 0.3) is 0 Å². The summed E-state index contributed by atoms with van der Waals surface area (Å²) in [5.41, 5.74) is 11.5. The van der Waals surface area contributed by atoms with Gasteiger partial charge < -0.3 is 5.73 Å². The summed E-state index contributed by atoms with van der Waals surface area (Å²) in [6.45, 7) is 4.75. The maximum absolute atomic E-state index is 5.72. The molecule has 0 spiro atoms. The zero-order chi connectivity index (χ0) is 11.7. The van der Waals surface area contributed by atoms with Gasteiger partial charge >= 0.3 is 0 Å². The van der Waals surface area contributed by atoms with Gasteiger partial charge in [-0.1, -0.05) is 12.1 Å². The fourth-order valence-electron chi connectivity index (χ4n) is 1.82. The Labute approximate surface area is 95.9 Å². The van der Waals surface area contributed by atoms with E-state index in [1.165, 1.54) is 11.1 Å². The molecule has 2 rings (SSSR count). The van der Waals surface area contributed by atoms with Crippen LogP contribution in [0.5, 0.6) is 0 Å². The van der Waals surface area contributed by atoms with E-state index >= 15 is 0 Å². The summed E-state index contributed by atoms with van der Waals surface area (Å²) in [6.07, 6.45) is 1.98. The molecule has 0 amide bonds. The number of aromatic nitrogens is 2. The molecule has 84 valence electrons. The number of hydrogen-bond acceptors (Lipinski definition) is 2. The molecule has 0 bridgehead atoms. The SMILES string of the molecule is Cc1ccc(-c2nn(C)cc2CN)cc1C. The second-order valence-corrected chi connectivity index (χ2v) is 4.18. The number of nitrogens with zero attached hydrogens (tertiary/aromatic N) is 2. The molecular formula is C13H17N3. The molecule has 0 aliphatic heterocycles. The second-order valence-electron chi connectivity index (χ2n) is 4.18. The quantitative estimate of drug-likeness (QED) is 0.834. The van der Waals surface area contributed by atoms with E-state index in [9.17, 15) is 0 Å². The summed E-state index contributed by atoms with van der Waals surface area (Å²) in [4.78, 5) is 0. The van der Waals surface area contributed by atoms with Crippen LogP contribution in [0.2, 0.25) is 0 Å². The Kier molecular flexibility index (Phi) is 2.79. The van der Waals surface area contributed by atoms with E-state index in [0.717, 1.165) is 16.8 Å². The zero-order valence-corrected chi connectivity index (χ0v) is 9.99. The highest BCUT2D eigenvalue weighted by atomic mass is 15.3. The van der Waals surface area contributed by atoms with Crippen LogP contribution in [0.3, 0.4) is 0 Å². The molecule has 0 saturated carbocycles. The predicted octanol–water partition coefficient (Wildman–Crippen LogP) is 2.16. The molecule has 2 N–H and O–H groups in total. The van der Waals surface area contributed by atoms with Gasteiger partial charge in [0.05, 0.1) is 5.69 Å². The van der Waals surface area contributed by atoms with Crippen molar-refractivity contribution in [1.82, 2.24) is 9.78 Å². The smallest absolute Gasteiger partial charge is 0.0968 e. The third-order valence-electron chi connectivity index (χ3n) is 2.90. The first-order valence-corrected chi connectivity index (χ1v) is 5.42. The maximum Gasteiger partial charge on any atom is 0.0968 e. The van der Waals surface area contributed by atoms with Gasteiger partial charge in [-0.15, -0.1) is 0 Å². The van der Waals surface area contributed by atoms with Crippen molar-refractivity contribution in [3.63, 3.8) is 0 Å². The van der Waals surface area contributed by atoms with Gasteiger partial charge in [0, 0.05) is 30.9 Å². The van der Waals surface area contributed by atoms with Crippen LogP contribution in [-0.4, -0.2) is 9.78 Å². The fraction of sp³-hybridized carbons (Fsp3) is 0.308. The van der Waals surface area contributed by atoms with Crippen molar-refractivity contribution in [1.29, 1.82) is 0 Å². The molecule has 1 aromatic carbocycles. The standard InChI is InChI=1S/C13H17N3/c1-9-4-5-11(6-10(9)2)13-12(7-14)8-16(3)15-13/h4-6,8H,7,14H2,1-3H3. The average Bonchev–Trinajstić information content (AvgIpc) is 2.63. The maximum atomic E-state index is 5.72. The largest absolute Gasteiger partial charge is 0.326 e. The van der Waals surface area contributed by atoms with E-state index in [1.807, 2.05) is 17.9 Å². The molecule has 0 unspecified atom stereocenters. The summed E-state index contributed by atoms with van der Waals surface area (Å²) < 4.78 is 1.81. The molecule has 16 heavy (non-hydrogen) atoms. The Morgan fingerprint density at radius 2 is 2.00 bits per heavy atom. The minimum Gasteiger partial charge on any atom is -0.326 e. The molecular weight excluding hydrogens is 198 g/mol. The number of rotatable bonds is 2. The van der Waals surface area contributed by atoms with E-state index in [4.69, 9.17) is 5.73 Å². The lowest BCUT2D eigenvalue weighted by Gasteiger charge is -2.04. The third-order valence-corrected chi connectivity index (χ3v) is 2.90. The van der Waals surface area contributed by atoms with E-state index in [0.29, 0.717) is 6.54 Å². The minimum atomic E-state index is 0.524. The van der Waals surface area contributed by atoms with Crippen molar-refractivity contribution in [2.75, 3.05) is 0 Å². The first-order valence-electron chi connectivity index (χ1n) is 5.42. The van der Waals surface area contributed by atoms with E-state index in [2.05, 4.69) is 37.1 Å². The van der Waals surface area contributed by atoms with Gasteiger partial charge in [-0.25, -0.2) is 0 Å². The molecule has 0 radical (unpaired) electrons. The Balaban J connectivity index is 2.53. The molecule has 2 aromatic rings. The van der Waals surface area contributed by atoms with Crippen molar-refractivity contribution in [2.24, 2.45) is 12.8 Å². The molecule has 3 heteroatoms. The van der Waals surface area contributed by atoms with Crippen LogP contribution < -0.4 is 5.73 Å². The normalized spacial score (nSPS) is 10.8. The van der Waals surface area contributed by atoms with Crippen LogP contribution in [-0.2, 0) is 13.6 Å². The molecule has 0 aliphatic carbocycles. The average molecular weight is 215 g/mol. The number of nitrogens with two attached hydrogens (primary N) is 1. The molecule has 0 aliphatic rings. The van der Waals surface area contributed by atoms with Crippen LogP contribution in [0, 0.1) is 13.8 Å². The summed E-state index contributed by atoms with van der Waals surface area (Å²) >= 11 is 0. The highest BCUT2D eigenvalue weighted by Gasteiger charge is 2.09. The summed E-state index contributed by atoms with van der Waals surface area (Å²) in [5.74, 6) is 0. The van der Waals surface area contributed by atoms with Gasteiger partial charge in [-0.3, -0.25) is 4.68 Å². The Bertz CT molecular complexity index is 512. The van der Waals surface area contributed by atoms with Gasteiger partial charge in [0.2, 0.25) is 0 Å². The Morgan fingerprint density at radius 1 is 1.25 bits per heavy atom. The van der Waals surface area contributed by atoms with Crippen molar-refractivity contribution in [3.8, 4) is 11.3 Å². The first kappa shape index (κ1) is 10.9. The van der Waals surface area contributed by atoms with Crippen LogP contribution >= 0.6 is 0 Å². The van der Waals surface area contributed by atoms with Crippen LogP contribution in [0.15, 0.2) is 24.4 Å². The number of hydrogen-bond donors (Lipinski definition) is 1. The molecule has 1 aromatic heterocycles. The Hall–Kier alpha value is -1.61. The molecule has 0 saturated heterocycles. The molecule has 0 fully saturated rings. The second kappa shape index (κ2) is 4.10.